The van der Waals surface area contributed by atoms with E-state index in [4.69, 9.17) is 13.8 Å². The summed E-state index contributed by atoms with van der Waals surface area (Å²) in [4.78, 5) is 32.4. The van der Waals surface area contributed by atoms with Crippen molar-refractivity contribution in [3.05, 3.63) is 0 Å². The zero-order valence-electron chi connectivity index (χ0n) is 22.8. The van der Waals surface area contributed by atoms with E-state index in [1.54, 1.807) is 6.92 Å². The summed E-state index contributed by atoms with van der Waals surface area (Å²) in [7, 11) is -4.21. The third-order valence-electron chi connectivity index (χ3n) is 5.69. The molecule has 214 valence electrons. The first-order chi connectivity index (χ1) is 17.4. The van der Waals surface area contributed by atoms with Gasteiger partial charge in [0.15, 0.2) is 0 Å². The lowest BCUT2D eigenvalue weighted by molar-refractivity contribution is -0.144. The predicted molar refractivity (Wildman–Crippen MR) is 142 cm³/mol. The lowest BCUT2D eigenvalue weighted by atomic mass is 10.0. The van der Waals surface area contributed by atoms with Gasteiger partial charge in [0.2, 0.25) is 0 Å². The maximum atomic E-state index is 11.8. The highest BCUT2D eigenvalue weighted by Crippen LogP contribution is 2.42. The second-order valence-corrected chi connectivity index (χ2v) is 10.5. The average Bonchev–Trinajstić information content (AvgIpc) is 2.84. The molecule has 0 bridgehead atoms. The van der Waals surface area contributed by atoms with Crippen molar-refractivity contribution in [2.75, 3.05) is 33.0 Å². The van der Waals surface area contributed by atoms with Crippen LogP contribution in [0.1, 0.15) is 123 Å². The van der Waals surface area contributed by atoms with Crippen LogP contribution in [0, 0.1) is 0 Å². The fourth-order valence-electron chi connectivity index (χ4n) is 3.67. The minimum absolute atomic E-state index is 0.0175. The molecular weight excluding hydrogens is 485 g/mol. The Bertz CT molecular complexity index is 576. The van der Waals surface area contributed by atoms with E-state index in [9.17, 15) is 19.0 Å². The minimum Gasteiger partial charge on any atom is -0.466 e. The van der Waals surface area contributed by atoms with Gasteiger partial charge >= 0.3 is 19.9 Å². The first kappa shape index (κ1) is 34.9. The summed E-state index contributed by atoms with van der Waals surface area (Å²) >= 11 is 0. The average molecular weight is 538 g/mol. The fraction of sp³-hybridized carbons (Fsp3) is 0.923. The third kappa shape index (κ3) is 25.9. The summed E-state index contributed by atoms with van der Waals surface area (Å²) in [6, 6.07) is 0. The first-order valence-electron chi connectivity index (χ1n) is 14.1. The van der Waals surface area contributed by atoms with Gasteiger partial charge in [0.05, 0.1) is 26.4 Å². The lowest BCUT2D eigenvalue weighted by Crippen LogP contribution is -2.27. The number of hydrogen-bond acceptors (Lipinski definition) is 7. The molecule has 9 nitrogen and oxygen atoms in total. The number of unbranched alkanes of at least 4 members (excludes halogenated alkanes) is 14. The number of carbonyl (C=O) groups excluding carboxylic acids is 2. The Labute approximate surface area is 219 Å². The van der Waals surface area contributed by atoms with Crippen LogP contribution in [0.25, 0.3) is 0 Å². The van der Waals surface area contributed by atoms with Gasteiger partial charge in [0.25, 0.3) is 0 Å². The van der Waals surface area contributed by atoms with Gasteiger partial charge in [0.1, 0.15) is 0 Å². The van der Waals surface area contributed by atoms with Crippen LogP contribution < -0.4 is 5.32 Å². The molecule has 0 saturated carbocycles. The number of hydrogen-bond donors (Lipinski definition) is 2. The summed E-state index contributed by atoms with van der Waals surface area (Å²) in [5, 5.41) is 2.36. The molecule has 2 N–H and O–H groups in total. The summed E-state index contributed by atoms with van der Waals surface area (Å²) in [5.74, 6) is -0.252. The minimum atomic E-state index is -4.21. The molecule has 0 saturated heterocycles. The molecule has 0 aromatic heterocycles. The van der Waals surface area contributed by atoms with E-state index in [0.29, 0.717) is 12.8 Å². The Morgan fingerprint density at radius 1 is 0.667 bits per heavy atom. The molecule has 0 spiro atoms. The summed E-state index contributed by atoms with van der Waals surface area (Å²) < 4.78 is 31.0. The van der Waals surface area contributed by atoms with Crippen LogP contribution in [0.3, 0.4) is 0 Å². The van der Waals surface area contributed by atoms with Crippen molar-refractivity contribution < 1.29 is 37.6 Å². The van der Waals surface area contributed by atoms with E-state index >= 15 is 0 Å². The van der Waals surface area contributed by atoms with Crippen LogP contribution in [0.5, 0.6) is 0 Å². The van der Waals surface area contributed by atoms with Crippen LogP contribution in [0.15, 0.2) is 0 Å². The van der Waals surface area contributed by atoms with Crippen molar-refractivity contribution in [3.63, 3.8) is 0 Å². The Balaban J connectivity index is 3.41. The standard InChI is InChI=1S/C26H52NO8P/c1-3-5-6-7-8-9-10-11-12-13-14-15-16-17-18-20-25(28)33-22-19-23-34-36(30,31)35-24-21-27-26(29)32-4-2/h3-24H2,1-2H3,(H,27,29)(H,30,31). The smallest absolute Gasteiger partial charge is 0.466 e. The Morgan fingerprint density at radius 2 is 1.17 bits per heavy atom. The van der Waals surface area contributed by atoms with Gasteiger partial charge in [-0.3, -0.25) is 13.8 Å². The number of phosphoric ester groups is 1. The molecule has 1 unspecified atom stereocenters. The molecule has 36 heavy (non-hydrogen) atoms. The van der Waals surface area contributed by atoms with Gasteiger partial charge in [-0.05, 0) is 13.3 Å². The Morgan fingerprint density at radius 3 is 1.69 bits per heavy atom. The van der Waals surface area contributed by atoms with Gasteiger partial charge in [-0.25, -0.2) is 9.36 Å². The number of carbonyl (C=O) groups is 2. The van der Waals surface area contributed by atoms with Crippen molar-refractivity contribution in [3.8, 4) is 0 Å². The van der Waals surface area contributed by atoms with Gasteiger partial charge in [-0.2, -0.15) is 0 Å². The molecular formula is C26H52NO8P. The third-order valence-corrected chi connectivity index (χ3v) is 6.71. The van der Waals surface area contributed by atoms with Gasteiger partial charge in [-0.1, -0.05) is 96.8 Å². The molecule has 10 heteroatoms. The van der Waals surface area contributed by atoms with E-state index in [1.165, 1.54) is 77.0 Å². The highest BCUT2D eigenvalue weighted by atomic mass is 31.2. The molecule has 0 rings (SSSR count). The number of nitrogens with one attached hydrogen (secondary N) is 1. The number of ether oxygens (including phenoxy) is 2. The van der Waals surface area contributed by atoms with Crippen molar-refractivity contribution >= 4 is 19.9 Å². The quantitative estimate of drug-likeness (QED) is 0.0683. The zero-order valence-corrected chi connectivity index (χ0v) is 23.7. The largest absolute Gasteiger partial charge is 0.472 e. The Kier molecular flexibility index (Phi) is 24.7. The maximum Gasteiger partial charge on any atom is 0.472 e. The summed E-state index contributed by atoms with van der Waals surface area (Å²) in [6.45, 7) is 4.04. The fourth-order valence-corrected chi connectivity index (χ4v) is 4.43. The maximum absolute atomic E-state index is 11.8. The van der Waals surface area contributed by atoms with Crippen LogP contribution >= 0.6 is 7.82 Å². The number of rotatable bonds is 26. The van der Waals surface area contributed by atoms with Crippen molar-refractivity contribution in [2.45, 2.75) is 123 Å². The van der Waals surface area contributed by atoms with Crippen molar-refractivity contribution in [1.29, 1.82) is 0 Å². The van der Waals surface area contributed by atoms with Crippen molar-refractivity contribution in [1.82, 2.24) is 5.32 Å². The number of phosphoric acid groups is 1. The molecule has 1 atom stereocenters. The van der Waals surface area contributed by atoms with E-state index in [1.807, 2.05) is 0 Å². The van der Waals surface area contributed by atoms with Crippen LogP contribution in [0.2, 0.25) is 0 Å². The topological polar surface area (TPSA) is 120 Å². The van der Waals surface area contributed by atoms with E-state index in [-0.39, 0.29) is 38.9 Å². The molecule has 0 fully saturated rings. The Hall–Kier alpha value is -1.15. The van der Waals surface area contributed by atoms with Gasteiger partial charge < -0.3 is 19.7 Å². The zero-order chi connectivity index (χ0) is 26.7. The van der Waals surface area contributed by atoms with E-state index in [2.05, 4.69) is 17.0 Å². The monoisotopic (exact) mass is 537 g/mol. The molecule has 0 aromatic rings. The SMILES string of the molecule is CCCCCCCCCCCCCCCCCC(=O)OCCCOP(=O)(O)OCCNC(=O)OCC. The predicted octanol–water partition coefficient (Wildman–Crippen LogP) is 7.06. The normalized spacial score (nSPS) is 12.8. The second-order valence-electron chi connectivity index (χ2n) is 9.06. The van der Waals surface area contributed by atoms with Crippen LogP contribution in [0.4, 0.5) is 4.79 Å². The lowest BCUT2D eigenvalue weighted by Gasteiger charge is -2.12. The highest BCUT2D eigenvalue weighted by Gasteiger charge is 2.20. The first-order valence-corrected chi connectivity index (χ1v) is 15.6. The summed E-state index contributed by atoms with van der Waals surface area (Å²) in [5.41, 5.74) is 0. The summed E-state index contributed by atoms with van der Waals surface area (Å²) in [6.07, 6.45) is 19.3. The molecule has 1 amide bonds. The highest BCUT2D eigenvalue weighted by molar-refractivity contribution is 7.47. The molecule has 0 aromatic carbocycles. The van der Waals surface area contributed by atoms with E-state index in [0.717, 1.165) is 19.3 Å². The van der Waals surface area contributed by atoms with Crippen molar-refractivity contribution in [2.24, 2.45) is 0 Å². The van der Waals surface area contributed by atoms with Gasteiger partial charge in [0, 0.05) is 19.4 Å². The molecule has 0 aliphatic carbocycles. The second kappa shape index (κ2) is 25.5. The van der Waals surface area contributed by atoms with Crippen LogP contribution in [-0.4, -0.2) is 49.9 Å². The number of esters is 1. The number of amides is 1. The van der Waals surface area contributed by atoms with E-state index < -0.39 is 13.9 Å². The number of alkyl carbamates (subject to hydrolysis) is 1. The molecule has 0 aliphatic rings. The van der Waals surface area contributed by atoms with Gasteiger partial charge in [-0.15, -0.1) is 0 Å². The molecule has 0 heterocycles. The molecule has 0 aliphatic heterocycles. The van der Waals surface area contributed by atoms with Crippen LogP contribution in [-0.2, 0) is 27.9 Å². The molecule has 0 radical (unpaired) electrons.